The zero-order chi connectivity index (χ0) is 32.4. The fourth-order valence-electron chi connectivity index (χ4n) is 6.09. The molecule has 0 aromatic heterocycles. The third kappa shape index (κ3) is 6.60. The van der Waals surface area contributed by atoms with Gasteiger partial charge in [-0.3, -0.25) is 0 Å². The molecular formula is C38H50O6. The minimum atomic E-state index is -1.26. The summed E-state index contributed by atoms with van der Waals surface area (Å²) in [6.45, 7) is 17.8. The third-order valence-corrected chi connectivity index (χ3v) is 8.66. The Labute approximate surface area is 262 Å². The van der Waals surface area contributed by atoms with Gasteiger partial charge in [0.15, 0.2) is 11.5 Å². The van der Waals surface area contributed by atoms with Crippen LogP contribution in [0.25, 0.3) is 32.3 Å². The van der Waals surface area contributed by atoms with Crippen LogP contribution in [0.3, 0.4) is 0 Å². The lowest BCUT2D eigenvalue weighted by Gasteiger charge is -2.28. The van der Waals surface area contributed by atoms with Gasteiger partial charge in [0.2, 0.25) is 0 Å². The molecule has 238 valence electrons. The van der Waals surface area contributed by atoms with E-state index in [0.717, 1.165) is 73.3 Å². The Kier molecular flexibility index (Phi) is 10.0. The van der Waals surface area contributed by atoms with E-state index in [1.165, 1.54) is 0 Å². The lowest BCUT2D eigenvalue weighted by Crippen LogP contribution is -2.16. The van der Waals surface area contributed by atoms with Gasteiger partial charge in [-0.2, -0.15) is 0 Å². The van der Waals surface area contributed by atoms with Crippen molar-refractivity contribution in [3.8, 4) is 11.5 Å². The van der Waals surface area contributed by atoms with Crippen molar-refractivity contribution >= 4 is 44.3 Å². The maximum Gasteiger partial charge on any atom is 0.337 e. The molecule has 44 heavy (non-hydrogen) atoms. The fraction of sp³-hybridized carbons (Fsp3) is 0.526. The van der Waals surface area contributed by atoms with E-state index in [1.54, 1.807) is 0 Å². The summed E-state index contributed by atoms with van der Waals surface area (Å²) in [5, 5.41) is 25.0. The van der Waals surface area contributed by atoms with Crippen molar-refractivity contribution < 1.29 is 29.3 Å². The molecule has 0 bridgehead atoms. The van der Waals surface area contributed by atoms with Crippen molar-refractivity contribution in [1.82, 2.24) is 0 Å². The van der Waals surface area contributed by atoms with Gasteiger partial charge in [-0.15, -0.1) is 0 Å². The number of unbranched alkanes of at least 4 members (excludes halogenated alkanes) is 6. The zero-order valence-corrected chi connectivity index (χ0v) is 27.9. The van der Waals surface area contributed by atoms with Crippen LogP contribution in [0.1, 0.15) is 139 Å². The van der Waals surface area contributed by atoms with E-state index < -0.39 is 11.9 Å². The molecule has 2 N–H and O–H groups in total. The van der Waals surface area contributed by atoms with Gasteiger partial charge in [-0.05, 0) is 69.8 Å². The predicted molar refractivity (Wildman–Crippen MR) is 181 cm³/mol. The number of carboxylic acids is 2. The Hall–Kier alpha value is -3.54. The van der Waals surface area contributed by atoms with Crippen molar-refractivity contribution in [3.63, 3.8) is 0 Å². The first-order valence-corrected chi connectivity index (χ1v) is 16.3. The van der Waals surface area contributed by atoms with Crippen LogP contribution in [-0.2, 0) is 10.8 Å². The normalized spacial score (nSPS) is 12.5. The molecule has 0 atom stereocenters. The lowest BCUT2D eigenvalue weighted by atomic mass is 9.78. The number of rotatable bonds is 14. The molecule has 0 unspecified atom stereocenters. The van der Waals surface area contributed by atoms with Crippen molar-refractivity contribution in [1.29, 1.82) is 0 Å². The molecule has 0 saturated heterocycles. The van der Waals surface area contributed by atoms with Gasteiger partial charge in [0, 0.05) is 21.5 Å². The largest absolute Gasteiger partial charge is 0.489 e. The van der Waals surface area contributed by atoms with Gasteiger partial charge >= 0.3 is 11.9 Å². The van der Waals surface area contributed by atoms with Crippen molar-refractivity contribution in [2.24, 2.45) is 0 Å². The number of benzene rings is 4. The number of ether oxygens (including phenoxy) is 2. The summed E-state index contributed by atoms with van der Waals surface area (Å²) in [5.74, 6) is -1.28. The van der Waals surface area contributed by atoms with Crippen LogP contribution in [-0.4, -0.2) is 35.4 Å². The van der Waals surface area contributed by atoms with Crippen LogP contribution >= 0.6 is 0 Å². The first-order chi connectivity index (χ1) is 20.7. The monoisotopic (exact) mass is 602 g/mol. The van der Waals surface area contributed by atoms with E-state index in [4.69, 9.17) is 9.47 Å². The van der Waals surface area contributed by atoms with Gasteiger partial charge in [0.25, 0.3) is 0 Å². The lowest BCUT2D eigenvalue weighted by molar-refractivity contribution is 0.0655. The van der Waals surface area contributed by atoms with Gasteiger partial charge < -0.3 is 19.7 Å². The molecule has 0 fully saturated rings. The maximum absolute atomic E-state index is 13.0. The fourth-order valence-corrected chi connectivity index (χ4v) is 6.09. The number of carbonyl (C=O) groups is 2. The van der Waals surface area contributed by atoms with E-state index in [-0.39, 0.29) is 22.0 Å². The molecule has 4 rings (SSSR count). The van der Waals surface area contributed by atoms with Crippen molar-refractivity contribution in [2.75, 3.05) is 13.2 Å². The van der Waals surface area contributed by atoms with E-state index in [0.29, 0.717) is 46.3 Å². The van der Waals surface area contributed by atoms with Gasteiger partial charge in [-0.1, -0.05) is 93.9 Å². The molecule has 0 spiro atoms. The Balaban J connectivity index is 2.22. The number of carboxylic acid groups (broad SMARTS) is 2. The van der Waals surface area contributed by atoms with Crippen molar-refractivity contribution in [2.45, 2.75) is 118 Å². The molecule has 0 radical (unpaired) electrons. The Morgan fingerprint density at radius 1 is 0.568 bits per heavy atom. The molecule has 0 aliphatic heterocycles. The molecule has 0 aliphatic rings. The quantitative estimate of drug-likeness (QED) is 0.110. The molecule has 4 aromatic rings. The second-order valence-corrected chi connectivity index (χ2v) is 14.2. The summed E-state index contributed by atoms with van der Waals surface area (Å²) in [6, 6.07) is 7.92. The molecule has 0 amide bonds. The van der Waals surface area contributed by atoms with Crippen molar-refractivity contribution in [3.05, 3.63) is 46.5 Å². The van der Waals surface area contributed by atoms with Crippen LogP contribution in [0.4, 0.5) is 0 Å². The van der Waals surface area contributed by atoms with Crippen LogP contribution < -0.4 is 9.47 Å². The topological polar surface area (TPSA) is 93.1 Å². The van der Waals surface area contributed by atoms with Crippen LogP contribution in [0.15, 0.2) is 24.3 Å². The molecule has 0 aliphatic carbocycles. The summed E-state index contributed by atoms with van der Waals surface area (Å²) in [6.07, 6.45) is 8.40. The molecule has 0 heterocycles. The van der Waals surface area contributed by atoms with E-state index in [1.807, 2.05) is 12.1 Å². The third-order valence-electron chi connectivity index (χ3n) is 8.66. The van der Waals surface area contributed by atoms with Crippen LogP contribution in [0, 0.1) is 0 Å². The van der Waals surface area contributed by atoms with Gasteiger partial charge in [-0.25, -0.2) is 9.59 Å². The summed E-state index contributed by atoms with van der Waals surface area (Å²) in [4.78, 5) is 25.9. The second-order valence-electron chi connectivity index (χ2n) is 14.2. The average Bonchev–Trinajstić information content (AvgIpc) is 2.94. The minimum absolute atomic E-state index is 0.185. The summed E-state index contributed by atoms with van der Waals surface area (Å²) in [7, 11) is 0. The van der Waals surface area contributed by atoms with Gasteiger partial charge in [0.1, 0.15) is 0 Å². The number of hydrogen-bond acceptors (Lipinski definition) is 4. The highest BCUT2D eigenvalue weighted by Gasteiger charge is 2.32. The van der Waals surface area contributed by atoms with Crippen LogP contribution in [0.2, 0.25) is 0 Å². The predicted octanol–water partition coefficient (Wildman–Crippen LogP) is 10.5. The Morgan fingerprint density at radius 2 is 0.909 bits per heavy atom. The summed E-state index contributed by atoms with van der Waals surface area (Å²) >= 11 is 0. The second kappa shape index (κ2) is 13.2. The first kappa shape index (κ1) is 33.4. The number of aromatic carboxylic acids is 2. The highest BCUT2D eigenvalue weighted by Crippen LogP contribution is 2.51. The Morgan fingerprint density at radius 3 is 1.20 bits per heavy atom. The van der Waals surface area contributed by atoms with E-state index >= 15 is 0 Å². The number of hydrogen-bond donors (Lipinski definition) is 2. The molecule has 6 nitrogen and oxygen atoms in total. The molecule has 6 heteroatoms. The summed E-state index contributed by atoms with van der Waals surface area (Å²) in [5.41, 5.74) is 0.779. The van der Waals surface area contributed by atoms with E-state index in [9.17, 15) is 19.8 Å². The van der Waals surface area contributed by atoms with Gasteiger partial charge in [0.05, 0.1) is 24.3 Å². The Bertz CT molecular complexity index is 1530. The zero-order valence-electron chi connectivity index (χ0n) is 27.9. The SMILES string of the molecule is CCCCCCOc1c(OCCCCCC)c2cc(C(C)(C)C)cc3c(C(=O)O)c(C(=O)O)c4cc(C(C)(C)C)cc1c4c23. The minimum Gasteiger partial charge on any atom is -0.489 e. The summed E-state index contributed by atoms with van der Waals surface area (Å²) < 4.78 is 13.3. The standard InChI is InChI=1S/C38H50O6/c1-9-11-13-15-17-43-33-27-21-23(37(3,4)5)19-25-29(27)30-26(32(36(41)42)31(25)35(39)40)20-24(38(6,7)8)22-28(30)34(33)44-18-16-14-12-10-2/h19-22H,9-18H2,1-8H3,(H,39,40)(H,41,42). The highest BCUT2D eigenvalue weighted by molar-refractivity contribution is 6.34. The highest BCUT2D eigenvalue weighted by atomic mass is 16.5. The molecule has 4 aromatic carbocycles. The maximum atomic E-state index is 13.0. The average molecular weight is 603 g/mol. The van der Waals surface area contributed by atoms with Crippen LogP contribution in [0.5, 0.6) is 11.5 Å². The van der Waals surface area contributed by atoms with E-state index in [2.05, 4.69) is 67.5 Å². The molecule has 0 saturated carbocycles. The first-order valence-electron chi connectivity index (χ1n) is 16.3. The smallest absolute Gasteiger partial charge is 0.337 e. The molecular weight excluding hydrogens is 552 g/mol.